The molecule has 31 heavy (non-hydrogen) atoms. The van der Waals surface area contributed by atoms with E-state index in [-0.39, 0.29) is 18.1 Å². The number of hydrogen-bond acceptors (Lipinski definition) is 3. The van der Waals surface area contributed by atoms with E-state index in [4.69, 9.17) is 11.6 Å². The van der Waals surface area contributed by atoms with Crippen LogP contribution in [0.3, 0.4) is 0 Å². The zero-order valence-corrected chi connectivity index (χ0v) is 17.8. The molecule has 6 heteroatoms. The number of nitrogens with one attached hydrogen (secondary N) is 1. The van der Waals surface area contributed by atoms with Gasteiger partial charge in [-0.05, 0) is 54.8 Å². The third-order valence-electron chi connectivity index (χ3n) is 5.29. The number of anilines is 1. The van der Waals surface area contributed by atoms with E-state index in [1.807, 2.05) is 38.1 Å². The summed E-state index contributed by atoms with van der Waals surface area (Å²) in [6.45, 7) is 3.84. The van der Waals surface area contributed by atoms with Crippen molar-refractivity contribution in [3.63, 3.8) is 0 Å². The molecule has 0 aliphatic carbocycles. The minimum Gasteiger partial charge on any atom is -0.350 e. The number of benzene rings is 3. The first kappa shape index (κ1) is 20.8. The lowest BCUT2D eigenvalue weighted by atomic mass is 10.0. The van der Waals surface area contributed by atoms with Crippen LogP contribution in [0.5, 0.6) is 0 Å². The fourth-order valence-corrected chi connectivity index (χ4v) is 3.65. The maximum absolute atomic E-state index is 13.3. The Hall–Kier alpha value is -3.44. The van der Waals surface area contributed by atoms with Crippen molar-refractivity contribution in [2.24, 2.45) is 0 Å². The fourth-order valence-electron chi connectivity index (χ4n) is 3.47. The molecule has 0 fully saturated rings. The Balaban J connectivity index is 1.76. The number of carbonyl (C=O) groups is 2. The van der Waals surface area contributed by atoms with Crippen LogP contribution in [0.1, 0.15) is 22.3 Å². The summed E-state index contributed by atoms with van der Waals surface area (Å²) in [5.74, 6) is -1.22. The quantitative estimate of drug-likeness (QED) is 0.540. The summed E-state index contributed by atoms with van der Waals surface area (Å²) in [6.07, 6.45) is 0. The Morgan fingerprint density at radius 2 is 1.58 bits per heavy atom. The molecule has 4 nitrogen and oxygen atoms in total. The van der Waals surface area contributed by atoms with Gasteiger partial charge in [0.2, 0.25) is 0 Å². The molecule has 2 amide bonds. The zero-order chi connectivity index (χ0) is 22.1. The molecule has 3 aromatic rings. The molecule has 3 aromatic carbocycles. The van der Waals surface area contributed by atoms with Gasteiger partial charge in [-0.2, -0.15) is 0 Å². The SMILES string of the molecule is Cc1ccc(C2=C(Nc3cccc(Cl)c3C)C(=O)N(Cc3ccc(F)cc3)C2=O)cc1. The minimum atomic E-state index is -0.440. The Labute approximate surface area is 185 Å². The van der Waals surface area contributed by atoms with Crippen LogP contribution < -0.4 is 5.32 Å². The van der Waals surface area contributed by atoms with Crippen molar-refractivity contribution >= 4 is 34.7 Å². The molecule has 1 heterocycles. The van der Waals surface area contributed by atoms with Gasteiger partial charge in [0.15, 0.2) is 0 Å². The molecule has 0 aromatic heterocycles. The maximum atomic E-state index is 13.3. The van der Waals surface area contributed by atoms with Gasteiger partial charge in [-0.15, -0.1) is 0 Å². The van der Waals surface area contributed by atoms with Crippen LogP contribution in [0.25, 0.3) is 5.57 Å². The first-order valence-electron chi connectivity index (χ1n) is 9.79. The van der Waals surface area contributed by atoms with Crippen molar-refractivity contribution in [3.8, 4) is 0 Å². The zero-order valence-electron chi connectivity index (χ0n) is 17.1. The van der Waals surface area contributed by atoms with Gasteiger partial charge in [0.05, 0.1) is 12.1 Å². The Morgan fingerprint density at radius 1 is 0.903 bits per heavy atom. The second-order valence-corrected chi connectivity index (χ2v) is 7.88. The molecule has 0 saturated carbocycles. The molecule has 4 rings (SSSR count). The average molecular weight is 435 g/mol. The van der Waals surface area contributed by atoms with Gasteiger partial charge in [0.25, 0.3) is 11.8 Å². The number of aryl methyl sites for hydroxylation is 1. The van der Waals surface area contributed by atoms with Crippen molar-refractivity contribution in [3.05, 3.63) is 106 Å². The van der Waals surface area contributed by atoms with E-state index in [1.165, 1.54) is 17.0 Å². The van der Waals surface area contributed by atoms with Crippen LogP contribution in [0.15, 0.2) is 72.4 Å². The minimum absolute atomic E-state index is 0.0486. The number of nitrogens with zero attached hydrogens (tertiary/aromatic N) is 1. The first-order valence-corrected chi connectivity index (χ1v) is 10.2. The average Bonchev–Trinajstić information content (AvgIpc) is 2.98. The molecule has 0 atom stereocenters. The molecule has 1 aliphatic heterocycles. The molecule has 0 unspecified atom stereocenters. The van der Waals surface area contributed by atoms with Gasteiger partial charge in [0.1, 0.15) is 11.5 Å². The summed E-state index contributed by atoms with van der Waals surface area (Å²) in [5.41, 5.74) is 4.27. The topological polar surface area (TPSA) is 49.4 Å². The highest BCUT2D eigenvalue weighted by Crippen LogP contribution is 2.33. The normalized spacial score (nSPS) is 13.9. The van der Waals surface area contributed by atoms with Gasteiger partial charge in [-0.3, -0.25) is 14.5 Å². The smallest absolute Gasteiger partial charge is 0.278 e. The van der Waals surface area contributed by atoms with E-state index in [0.29, 0.717) is 27.4 Å². The van der Waals surface area contributed by atoms with Crippen LogP contribution in [0.2, 0.25) is 5.02 Å². The van der Waals surface area contributed by atoms with E-state index in [1.54, 1.807) is 30.3 Å². The molecule has 0 radical (unpaired) electrons. The summed E-state index contributed by atoms with van der Waals surface area (Å²) >= 11 is 6.23. The third-order valence-corrected chi connectivity index (χ3v) is 5.70. The lowest BCUT2D eigenvalue weighted by Crippen LogP contribution is -2.32. The molecular formula is C25H20ClFN2O2. The number of carbonyl (C=O) groups excluding carboxylic acids is 2. The van der Waals surface area contributed by atoms with Gasteiger partial charge >= 0.3 is 0 Å². The van der Waals surface area contributed by atoms with E-state index in [0.717, 1.165) is 11.1 Å². The fraction of sp³-hybridized carbons (Fsp3) is 0.120. The third kappa shape index (κ3) is 4.09. The lowest BCUT2D eigenvalue weighted by molar-refractivity contribution is -0.137. The highest BCUT2D eigenvalue weighted by atomic mass is 35.5. The second-order valence-electron chi connectivity index (χ2n) is 7.48. The molecule has 0 bridgehead atoms. The molecule has 156 valence electrons. The van der Waals surface area contributed by atoms with Gasteiger partial charge < -0.3 is 5.32 Å². The first-order chi connectivity index (χ1) is 14.8. The van der Waals surface area contributed by atoms with Crippen molar-refractivity contribution in [2.75, 3.05) is 5.32 Å². The summed E-state index contributed by atoms with van der Waals surface area (Å²) in [7, 11) is 0. The Morgan fingerprint density at radius 3 is 2.26 bits per heavy atom. The summed E-state index contributed by atoms with van der Waals surface area (Å²) < 4.78 is 13.3. The van der Waals surface area contributed by atoms with Crippen LogP contribution >= 0.6 is 11.6 Å². The van der Waals surface area contributed by atoms with Crippen LogP contribution in [-0.2, 0) is 16.1 Å². The Bertz CT molecular complexity index is 1200. The van der Waals surface area contributed by atoms with E-state index in [2.05, 4.69) is 5.32 Å². The monoisotopic (exact) mass is 434 g/mol. The van der Waals surface area contributed by atoms with Crippen LogP contribution in [-0.4, -0.2) is 16.7 Å². The molecule has 0 saturated heterocycles. The number of rotatable bonds is 5. The van der Waals surface area contributed by atoms with Gasteiger partial charge in [-0.1, -0.05) is 59.6 Å². The van der Waals surface area contributed by atoms with Gasteiger partial charge in [0, 0.05) is 10.7 Å². The number of imide groups is 1. The van der Waals surface area contributed by atoms with Crippen LogP contribution in [0, 0.1) is 19.7 Å². The maximum Gasteiger partial charge on any atom is 0.278 e. The summed E-state index contributed by atoms with van der Waals surface area (Å²) in [5, 5.41) is 3.70. The molecule has 0 spiro atoms. The predicted octanol–water partition coefficient (Wildman–Crippen LogP) is 5.49. The van der Waals surface area contributed by atoms with E-state index < -0.39 is 11.8 Å². The molecule has 1 aliphatic rings. The Kier molecular flexibility index (Phi) is 5.61. The van der Waals surface area contributed by atoms with Crippen molar-refractivity contribution in [2.45, 2.75) is 20.4 Å². The molecule has 1 N–H and O–H groups in total. The van der Waals surface area contributed by atoms with E-state index >= 15 is 0 Å². The van der Waals surface area contributed by atoms with E-state index in [9.17, 15) is 14.0 Å². The highest BCUT2D eigenvalue weighted by Gasteiger charge is 2.39. The van der Waals surface area contributed by atoms with Crippen molar-refractivity contribution < 1.29 is 14.0 Å². The summed E-state index contributed by atoms with van der Waals surface area (Å²) in [6, 6.07) is 18.5. The highest BCUT2D eigenvalue weighted by molar-refractivity contribution is 6.36. The second kappa shape index (κ2) is 8.36. The summed E-state index contributed by atoms with van der Waals surface area (Å²) in [4.78, 5) is 27.8. The number of hydrogen-bond donors (Lipinski definition) is 1. The standard InChI is InChI=1S/C25H20ClFN2O2/c1-15-6-10-18(11-7-15)22-23(28-21-5-3-4-20(26)16(21)2)25(31)29(24(22)30)14-17-8-12-19(27)13-9-17/h3-13,28H,14H2,1-2H3. The van der Waals surface area contributed by atoms with Gasteiger partial charge in [-0.25, -0.2) is 4.39 Å². The molecular weight excluding hydrogens is 415 g/mol. The van der Waals surface area contributed by atoms with Crippen molar-refractivity contribution in [1.82, 2.24) is 4.90 Å². The van der Waals surface area contributed by atoms with Crippen LogP contribution in [0.4, 0.5) is 10.1 Å². The number of halogens is 2. The predicted molar refractivity (Wildman–Crippen MR) is 120 cm³/mol. The largest absolute Gasteiger partial charge is 0.350 e. The number of amides is 2. The van der Waals surface area contributed by atoms with Crippen molar-refractivity contribution in [1.29, 1.82) is 0 Å². The lowest BCUT2D eigenvalue weighted by Gasteiger charge is -2.16.